The van der Waals surface area contributed by atoms with Gasteiger partial charge in [0.25, 0.3) is 0 Å². The highest BCUT2D eigenvalue weighted by Gasteiger charge is 2.29. The number of anilines is 2. The van der Waals surface area contributed by atoms with Crippen molar-refractivity contribution >= 4 is 48.3 Å². The predicted octanol–water partition coefficient (Wildman–Crippen LogP) is 2.51. The highest BCUT2D eigenvalue weighted by Crippen LogP contribution is 2.32. The zero-order valence-corrected chi connectivity index (χ0v) is 17.0. The smallest absolute Gasteiger partial charge is 0.227 e. The largest absolute Gasteiger partial charge is 0.348 e. The van der Waals surface area contributed by atoms with Crippen molar-refractivity contribution in [3.05, 3.63) is 18.2 Å². The molecule has 9 heteroatoms. The highest BCUT2D eigenvalue weighted by atomic mass is 32.2. The zero-order valence-electron chi connectivity index (χ0n) is 15.3. The first-order chi connectivity index (χ1) is 12.9. The van der Waals surface area contributed by atoms with Crippen LogP contribution in [-0.2, 0) is 14.8 Å². The Balaban J connectivity index is 1.41. The molecule has 0 aliphatic carbocycles. The fourth-order valence-corrected chi connectivity index (χ4v) is 5.66. The molecule has 2 aliphatic rings. The van der Waals surface area contributed by atoms with Gasteiger partial charge in [-0.15, -0.1) is 0 Å². The molecule has 7 nitrogen and oxygen atoms in total. The van der Waals surface area contributed by atoms with Gasteiger partial charge in [-0.2, -0.15) is 0 Å². The average molecular weight is 409 g/mol. The highest BCUT2D eigenvalue weighted by molar-refractivity contribution is 7.88. The maximum atomic E-state index is 12.6. The number of benzene rings is 1. The number of nitrogens with one attached hydrogen (secondary N) is 1. The SMILES string of the molecule is CS(=O)(=O)N1CCC(C(=O)Nc2ccc3nc(N4CCCC4)sc3c2)CC1. The molecule has 1 aromatic carbocycles. The molecule has 0 spiro atoms. The molecular formula is C18H24N4O3S2. The second-order valence-electron chi connectivity index (χ2n) is 7.30. The van der Waals surface area contributed by atoms with Crippen molar-refractivity contribution in [1.29, 1.82) is 0 Å². The second-order valence-corrected chi connectivity index (χ2v) is 10.3. The van der Waals surface area contributed by atoms with Crippen molar-refractivity contribution < 1.29 is 13.2 Å². The fraction of sp³-hybridized carbons (Fsp3) is 0.556. The van der Waals surface area contributed by atoms with E-state index in [0.717, 1.165) is 34.1 Å². The molecule has 146 valence electrons. The number of hydrogen-bond acceptors (Lipinski definition) is 6. The first-order valence-corrected chi connectivity index (χ1v) is 12.0. The van der Waals surface area contributed by atoms with Gasteiger partial charge in [0.2, 0.25) is 15.9 Å². The van der Waals surface area contributed by atoms with Crippen LogP contribution < -0.4 is 10.2 Å². The minimum Gasteiger partial charge on any atom is -0.348 e. The number of carbonyl (C=O) groups excluding carboxylic acids is 1. The summed E-state index contributed by atoms with van der Waals surface area (Å²) in [5.41, 5.74) is 1.73. The van der Waals surface area contributed by atoms with Crippen LogP contribution in [0.5, 0.6) is 0 Å². The van der Waals surface area contributed by atoms with Gasteiger partial charge in [0.05, 0.1) is 16.5 Å². The number of piperidine rings is 1. The zero-order chi connectivity index (χ0) is 19.0. The van der Waals surface area contributed by atoms with E-state index in [-0.39, 0.29) is 11.8 Å². The van der Waals surface area contributed by atoms with Crippen molar-refractivity contribution in [3.8, 4) is 0 Å². The third kappa shape index (κ3) is 4.09. The normalized spacial score (nSPS) is 19.7. The Morgan fingerprint density at radius 1 is 1.19 bits per heavy atom. The monoisotopic (exact) mass is 408 g/mol. The Hall–Kier alpha value is -1.71. The van der Waals surface area contributed by atoms with Crippen LogP contribution >= 0.6 is 11.3 Å². The Morgan fingerprint density at radius 3 is 2.56 bits per heavy atom. The minimum atomic E-state index is -3.17. The lowest BCUT2D eigenvalue weighted by atomic mass is 9.97. The number of amides is 1. The lowest BCUT2D eigenvalue weighted by molar-refractivity contribution is -0.120. The molecular weight excluding hydrogens is 384 g/mol. The maximum Gasteiger partial charge on any atom is 0.227 e. The summed E-state index contributed by atoms with van der Waals surface area (Å²) in [5.74, 6) is -0.188. The number of fused-ring (bicyclic) bond motifs is 1. The molecule has 2 fully saturated rings. The van der Waals surface area contributed by atoms with Crippen molar-refractivity contribution in [2.75, 3.05) is 42.7 Å². The quantitative estimate of drug-likeness (QED) is 0.841. The third-order valence-corrected chi connectivity index (χ3v) is 7.70. The van der Waals surface area contributed by atoms with E-state index in [9.17, 15) is 13.2 Å². The number of nitrogens with zero attached hydrogens (tertiary/aromatic N) is 3. The van der Waals surface area contributed by atoms with Gasteiger partial charge in [0, 0.05) is 37.8 Å². The fourth-order valence-electron chi connectivity index (χ4n) is 3.73. The molecule has 27 heavy (non-hydrogen) atoms. The van der Waals surface area contributed by atoms with Gasteiger partial charge in [-0.05, 0) is 43.9 Å². The van der Waals surface area contributed by atoms with Crippen molar-refractivity contribution in [3.63, 3.8) is 0 Å². The van der Waals surface area contributed by atoms with Crippen LogP contribution in [0.2, 0.25) is 0 Å². The lowest BCUT2D eigenvalue weighted by Gasteiger charge is -2.29. The van der Waals surface area contributed by atoms with Gasteiger partial charge in [-0.3, -0.25) is 4.79 Å². The van der Waals surface area contributed by atoms with Crippen LogP contribution in [0.15, 0.2) is 18.2 Å². The van der Waals surface area contributed by atoms with Crippen LogP contribution in [0, 0.1) is 5.92 Å². The third-order valence-electron chi connectivity index (χ3n) is 5.32. The van der Waals surface area contributed by atoms with Crippen LogP contribution in [0.4, 0.5) is 10.8 Å². The number of thiazole rings is 1. The van der Waals surface area contributed by atoms with Crippen molar-refractivity contribution in [2.24, 2.45) is 5.92 Å². The van der Waals surface area contributed by atoms with E-state index < -0.39 is 10.0 Å². The average Bonchev–Trinajstić information content (AvgIpc) is 3.30. The van der Waals surface area contributed by atoms with Crippen LogP contribution in [0.25, 0.3) is 10.2 Å². The molecule has 1 N–H and O–H groups in total. The Kier molecular flexibility index (Phi) is 5.09. The van der Waals surface area contributed by atoms with Crippen LogP contribution in [0.3, 0.4) is 0 Å². The number of sulfonamides is 1. The van der Waals surface area contributed by atoms with Gasteiger partial charge >= 0.3 is 0 Å². The van der Waals surface area contributed by atoms with E-state index in [1.807, 2.05) is 18.2 Å². The van der Waals surface area contributed by atoms with Gasteiger partial charge in [0.15, 0.2) is 5.13 Å². The molecule has 2 aliphatic heterocycles. The van der Waals surface area contributed by atoms with E-state index >= 15 is 0 Å². The first kappa shape index (κ1) is 18.6. The standard InChI is InChI=1S/C18H24N4O3S2/c1-27(24,25)22-10-6-13(7-11-22)17(23)19-14-4-5-15-16(12-14)26-18(20-15)21-8-2-3-9-21/h4-5,12-13H,2-3,6-11H2,1H3,(H,19,23). The van der Waals surface area contributed by atoms with Crippen LogP contribution in [-0.4, -0.2) is 56.0 Å². The van der Waals surface area contributed by atoms with Crippen LogP contribution in [0.1, 0.15) is 25.7 Å². The summed E-state index contributed by atoms with van der Waals surface area (Å²) in [5, 5.41) is 4.05. The topological polar surface area (TPSA) is 82.6 Å². The van der Waals surface area contributed by atoms with Gasteiger partial charge < -0.3 is 10.2 Å². The van der Waals surface area contributed by atoms with E-state index in [1.54, 1.807) is 11.3 Å². The lowest BCUT2D eigenvalue weighted by Crippen LogP contribution is -2.40. The molecule has 2 aromatic rings. The summed E-state index contributed by atoms with van der Waals surface area (Å²) >= 11 is 1.66. The number of carbonyl (C=O) groups is 1. The molecule has 2 saturated heterocycles. The molecule has 3 heterocycles. The molecule has 0 atom stereocenters. The number of rotatable bonds is 4. The number of hydrogen-bond donors (Lipinski definition) is 1. The number of aromatic nitrogens is 1. The molecule has 1 aromatic heterocycles. The Bertz CT molecular complexity index is 943. The van der Waals surface area contributed by atoms with Gasteiger partial charge in [-0.25, -0.2) is 17.7 Å². The van der Waals surface area contributed by atoms with Crippen molar-refractivity contribution in [1.82, 2.24) is 9.29 Å². The van der Waals surface area contributed by atoms with Crippen molar-refractivity contribution in [2.45, 2.75) is 25.7 Å². The minimum absolute atomic E-state index is 0.0354. The Morgan fingerprint density at radius 2 is 1.89 bits per heavy atom. The van der Waals surface area contributed by atoms with E-state index in [4.69, 9.17) is 4.98 Å². The summed E-state index contributed by atoms with van der Waals surface area (Å²) in [4.78, 5) is 19.6. The summed E-state index contributed by atoms with van der Waals surface area (Å²) in [7, 11) is -3.17. The Labute approximate surface area is 163 Å². The maximum absolute atomic E-state index is 12.6. The molecule has 0 unspecified atom stereocenters. The summed E-state index contributed by atoms with van der Waals surface area (Å²) in [6.45, 7) is 2.94. The first-order valence-electron chi connectivity index (χ1n) is 9.32. The van der Waals surface area contributed by atoms with E-state index in [0.29, 0.717) is 25.9 Å². The summed E-state index contributed by atoms with van der Waals surface area (Å²) < 4.78 is 25.7. The molecule has 0 bridgehead atoms. The second kappa shape index (κ2) is 7.37. The molecule has 4 rings (SSSR count). The molecule has 1 amide bonds. The van der Waals surface area contributed by atoms with Gasteiger partial charge in [-0.1, -0.05) is 11.3 Å². The summed E-state index contributed by atoms with van der Waals surface area (Å²) in [6, 6.07) is 5.82. The predicted molar refractivity (Wildman–Crippen MR) is 109 cm³/mol. The summed E-state index contributed by atoms with van der Waals surface area (Å²) in [6.07, 6.45) is 4.76. The van der Waals surface area contributed by atoms with Gasteiger partial charge in [0.1, 0.15) is 0 Å². The van der Waals surface area contributed by atoms with E-state index in [2.05, 4.69) is 10.2 Å². The molecule has 0 radical (unpaired) electrons. The molecule has 0 saturated carbocycles. The van der Waals surface area contributed by atoms with E-state index in [1.165, 1.54) is 23.4 Å².